The van der Waals surface area contributed by atoms with Crippen molar-refractivity contribution in [3.8, 4) is 11.1 Å². The van der Waals surface area contributed by atoms with Gasteiger partial charge in [0.05, 0.1) is 23.4 Å². The van der Waals surface area contributed by atoms with E-state index in [4.69, 9.17) is 27.9 Å². The van der Waals surface area contributed by atoms with Crippen molar-refractivity contribution in [2.45, 2.75) is 6.92 Å². The van der Waals surface area contributed by atoms with Crippen LogP contribution in [-0.2, 0) is 4.74 Å². The van der Waals surface area contributed by atoms with Gasteiger partial charge in [0.25, 0.3) is 0 Å². The highest BCUT2D eigenvalue weighted by atomic mass is 35.5. The lowest BCUT2D eigenvalue weighted by Crippen LogP contribution is -2.06. The number of fused-ring (bicyclic) bond motifs is 1. The number of carbonyl (C=O) groups is 2. The molecule has 0 aliphatic heterocycles. The fourth-order valence-corrected chi connectivity index (χ4v) is 3.23. The van der Waals surface area contributed by atoms with Gasteiger partial charge in [-0.05, 0) is 31.2 Å². The van der Waals surface area contributed by atoms with Gasteiger partial charge >= 0.3 is 5.97 Å². The van der Waals surface area contributed by atoms with Crippen LogP contribution in [0.4, 0.5) is 0 Å². The molecule has 0 aliphatic rings. The lowest BCUT2D eigenvalue weighted by Gasteiger charge is -2.08. The molecule has 6 heteroatoms. The molecular weight excluding hydrogens is 349 g/mol. The first kappa shape index (κ1) is 16.6. The predicted octanol–water partition coefficient (Wildman–Crippen LogP) is 4.90. The first-order valence-electron chi connectivity index (χ1n) is 7.29. The van der Waals surface area contributed by atoms with Crippen LogP contribution < -0.4 is 0 Å². The van der Waals surface area contributed by atoms with Gasteiger partial charge in [0, 0.05) is 27.4 Å². The second-order valence-electron chi connectivity index (χ2n) is 5.05. The molecule has 0 fully saturated rings. The topological polar surface area (TPSA) is 47.8 Å². The van der Waals surface area contributed by atoms with Crippen molar-refractivity contribution in [1.82, 2.24) is 4.40 Å². The summed E-state index contributed by atoms with van der Waals surface area (Å²) in [4.78, 5) is 24.3. The number of aromatic nitrogens is 1. The second-order valence-corrected chi connectivity index (χ2v) is 5.90. The van der Waals surface area contributed by atoms with Gasteiger partial charge in [-0.25, -0.2) is 4.79 Å². The summed E-state index contributed by atoms with van der Waals surface area (Å²) in [5.74, 6) is -0.504. The largest absolute Gasteiger partial charge is 0.462 e. The van der Waals surface area contributed by atoms with E-state index in [0.717, 1.165) is 0 Å². The van der Waals surface area contributed by atoms with Crippen molar-refractivity contribution in [1.29, 1.82) is 0 Å². The highest BCUT2D eigenvalue weighted by molar-refractivity contribution is 6.36. The van der Waals surface area contributed by atoms with Crippen LogP contribution in [0, 0.1) is 0 Å². The number of esters is 1. The molecular formula is C18H13Cl2NO3. The number of nitrogens with zero attached hydrogens (tertiary/aromatic N) is 1. The lowest BCUT2D eigenvalue weighted by molar-refractivity contribution is 0.0529. The summed E-state index contributed by atoms with van der Waals surface area (Å²) in [6, 6.07) is 10.3. The van der Waals surface area contributed by atoms with E-state index in [1.54, 1.807) is 53.9 Å². The third-order valence-electron chi connectivity index (χ3n) is 3.67. The minimum absolute atomic E-state index is 0.229. The Labute approximate surface area is 148 Å². The van der Waals surface area contributed by atoms with Crippen molar-refractivity contribution in [3.63, 3.8) is 0 Å². The first-order chi connectivity index (χ1) is 11.6. The fourth-order valence-electron chi connectivity index (χ4n) is 2.72. The quantitative estimate of drug-likeness (QED) is 0.490. The normalized spacial score (nSPS) is 10.8. The van der Waals surface area contributed by atoms with Crippen molar-refractivity contribution in [2.75, 3.05) is 6.61 Å². The molecule has 4 nitrogen and oxygen atoms in total. The number of hydrogen-bond donors (Lipinski definition) is 0. The maximum atomic E-state index is 12.5. The van der Waals surface area contributed by atoms with Gasteiger partial charge in [-0.2, -0.15) is 0 Å². The molecule has 3 rings (SSSR count). The standard InChI is InChI=1S/C18H13Cl2NO3/c1-2-24-18(23)17-14-5-3-4-8-21(14)15(10-22)16(17)12-7-6-11(19)9-13(12)20/h3-10H,2H2,1H3. The Bertz CT molecular complexity index is 947. The molecule has 0 unspecified atom stereocenters. The third kappa shape index (κ3) is 2.68. The van der Waals surface area contributed by atoms with E-state index in [-0.39, 0.29) is 6.61 Å². The van der Waals surface area contributed by atoms with Gasteiger partial charge < -0.3 is 9.14 Å². The zero-order valence-corrected chi connectivity index (χ0v) is 14.3. The van der Waals surface area contributed by atoms with Crippen molar-refractivity contribution >= 4 is 41.0 Å². The Balaban J connectivity index is 2.42. The third-order valence-corrected chi connectivity index (χ3v) is 4.22. The summed E-state index contributed by atoms with van der Waals surface area (Å²) in [7, 11) is 0. The summed E-state index contributed by atoms with van der Waals surface area (Å²) in [5.41, 5.74) is 2.21. The van der Waals surface area contributed by atoms with Gasteiger partial charge in [0.15, 0.2) is 6.29 Å². The van der Waals surface area contributed by atoms with Crippen LogP contribution in [0.2, 0.25) is 10.0 Å². The number of carbonyl (C=O) groups excluding carboxylic acids is 2. The van der Waals surface area contributed by atoms with Gasteiger partial charge in [-0.3, -0.25) is 4.79 Å². The zero-order chi connectivity index (χ0) is 17.3. The molecule has 0 N–H and O–H groups in total. The second kappa shape index (κ2) is 6.67. The summed E-state index contributed by atoms with van der Waals surface area (Å²) < 4.78 is 6.83. The van der Waals surface area contributed by atoms with Crippen LogP contribution in [0.5, 0.6) is 0 Å². The monoisotopic (exact) mass is 361 g/mol. The molecule has 0 atom stereocenters. The lowest BCUT2D eigenvalue weighted by atomic mass is 10.0. The maximum Gasteiger partial charge on any atom is 0.340 e. The Morgan fingerprint density at radius 2 is 2.04 bits per heavy atom. The van der Waals surface area contributed by atoms with Crippen LogP contribution in [0.15, 0.2) is 42.6 Å². The fraction of sp³-hybridized carbons (Fsp3) is 0.111. The number of pyridine rings is 1. The highest BCUT2D eigenvalue weighted by Crippen LogP contribution is 2.38. The molecule has 0 saturated heterocycles. The van der Waals surface area contributed by atoms with Crippen LogP contribution in [0.3, 0.4) is 0 Å². The van der Waals surface area contributed by atoms with Crippen LogP contribution in [0.25, 0.3) is 16.6 Å². The Kier molecular flexibility index (Phi) is 4.60. The van der Waals surface area contributed by atoms with E-state index in [1.807, 2.05) is 0 Å². The maximum absolute atomic E-state index is 12.5. The summed E-state index contributed by atoms with van der Waals surface area (Å²) >= 11 is 12.3. The Hall–Kier alpha value is -2.30. The molecule has 2 heterocycles. The van der Waals surface area contributed by atoms with Crippen molar-refractivity contribution < 1.29 is 14.3 Å². The number of aldehydes is 1. The summed E-state index contributed by atoms with van der Waals surface area (Å²) in [5, 5.41) is 0.824. The van der Waals surface area contributed by atoms with Crippen LogP contribution in [0.1, 0.15) is 27.8 Å². The predicted molar refractivity (Wildman–Crippen MR) is 94.2 cm³/mol. The van der Waals surface area contributed by atoms with E-state index in [0.29, 0.717) is 44.2 Å². The minimum Gasteiger partial charge on any atom is -0.462 e. The molecule has 3 aromatic rings. The van der Waals surface area contributed by atoms with Crippen LogP contribution in [-0.4, -0.2) is 23.3 Å². The average molecular weight is 362 g/mol. The molecule has 2 aromatic heterocycles. The van der Waals surface area contributed by atoms with Crippen LogP contribution >= 0.6 is 23.2 Å². The molecule has 0 radical (unpaired) electrons. The molecule has 0 bridgehead atoms. The van der Waals surface area contributed by atoms with Gasteiger partial charge in [-0.1, -0.05) is 35.3 Å². The number of hydrogen-bond acceptors (Lipinski definition) is 3. The Morgan fingerprint density at radius 3 is 2.71 bits per heavy atom. The Morgan fingerprint density at radius 1 is 1.25 bits per heavy atom. The molecule has 0 amide bonds. The van der Waals surface area contributed by atoms with E-state index >= 15 is 0 Å². The molecule has 24 heavy (non-hydrogen) atoms. The number of rotatable bonds is 4. The first-order valence-corrected chi connectivity index (χ1v) is 8.04. The van der Waals surface area contributed by atoms with E-state index in [9.17, 15) is 9.59 Å². The number of halogens is 2. The van der Waals surface area contributed by atoms with E-state index < -0.39 is 5.97 Å². The van der Waals surface area contributed by atoms with Gasteiger partial charge in [0.2, 0.25) is 0 Å². The summed E-state index contributed by atoms with van der Waals surface area (Å²) in [6.45, 7) is 1.96. The number of ether oxygens (including phenoxy) is 1. The molecule has 0 aliphatic carbocycles. The molecule has 0 saturated carbocycles. The molecule has 1 aromatic carbocycles. The van der Waals surface area contributed by atoms with Crippen molar-refractivity contribution in [2.24, 2.45) is 0 Å². The number of benzene rings is 1. The van der Waals surface area contributed by atoms with Gasteiger partial charge in [-0.15, -0.1) is 0 Å². The van der Waals surface area contributed by atoms with E-state index in [2.05, 4.69) is 0 Å². The van der Waals surface area contributed by atoms with Gasteiger partial charge in [0.1, 0.15) is 0 Å². The highest BCUT2D eigenvalue weighted by Gasteiger charge is 2.26. The molecule has 0 spiro atoms. The molecule has 122 valence electrons. The summed E-state index contributed by atoms with van der Waals surface area (Å²) in [6.07, 6.45) is 2.42. The SMILES string of the molecule is CCOC(=O)c1c(-c2ccc(Cl)cc2Cl)c(C=O)n2ccccc12. The average Bonchev–Trinajstić information content (AvgIpc) is 2.89. The zero-order valence-electron chi connectivity index (χ0n) is 12.8. The van der Waals surface area contributed by atoms with E-state index in [1.165, 1.54) is 0 Å². The van der Waals surface area contributed by atoms with Crippen molar-refractivity contribution in [3.05, 3.63) is 63.9 Å². The smallest absolute Gasteiger partial charge is 0.340 e. The minimum atomic E-state index is -0.504.